The second-order valence-corrected chi connectivity index (χ2v) is 7.17. The summed E-state index contributed by atoms with van der Waals surface area (Å²) in [6.07, 6.45) is 0. The van der Waals surface area contributed by atoms with E-state index in [-0.39, 0.29) is 0 Å². The summed E-state index contributed by atoms with van der Waals surface area (Å²) in [5, 5.41) is 9.86. The van der Waals surface area contributed by atoms with Crippen molar-refractivity contribution in [3.8, 4) is 0 Å². The minimum atomic E-state index is -0.610. The number of piperazine rings is 1. The van der Waals surface area contributed by atoms with Crippen LogP contribution >= 0.6 is 15.9 Å². The van der Waals surface area contributed by atoms with Crippen LogP contribution in [0.3, 0.4) is 0 Å². The topological polar surface area (TPSA) is 52.7 Å². The fourth-order valence-corrected chi connectivity index (χ4v) is 3.24. The van der Waals surface area contributed by atoms with Crippen LogP contribution in [0.25, 0.3) is 0 Å². The molecule has 0 unspecified atom stereocenters. The fourth-order valence-electron chi connectivity index (χ4n) is 2.68. The lowest BCUT2D eigenvalue weighted by Crippen LogP contribution is -2.50. The summed E-state index contributed by atoms with van der Waals surface area (Å²) in [5.41, 5.74) is 7.31. The van der Waals surface area contributed by atoms with Gasteiger partial charge in [-0.25, -0.2) is 0 Å². The van der Waals surface area contributed by atoms with Crippen molar-refractivity contribution in [1.29, 1.82) is 0 Å². The van der Waals surface area contributed by atoms with Crippen LogP contribution in [-0.4, -0.2) is 53.2 Å². The molecule has 0 saturated carbocycles. The Bertz CT molecular complexity index is 431. The summed E-state index contributed by atoms with van der Waals surface area (Å²) in [5.74, 6) is 0. The first-order chi connectivity index (χ1) is 9.32. The Labute approximate surface area is 129 Å². The smallest absolute Gasteiger partial charge is 0.0718 e. The van der Waals surface area contributed by atoms with Crippen LogP contribution in [0.5, 0.6) is 0 Å². The van der Waals surface area contributed by atoms with E-state index in [2.05, 4.69) is 31.8 Å². The number of anilines is 1. The molecule has 1 fully saturated rings. The van der Waals surface area contributed by atoms with Crippen molar-refractivity contribution in [2.75, 3.05) is 38.5 Å². The summed E-state index contributed by atoms with van der Waals surface area (Å²) >= 11 is 3.49. The van der Waals surface area contributed by atoms with Crippen LogP contribution in [0.4, 0.5) is 5.69 Å². The third-order valence-corrected chi connectivity index (χ3v) is 3.92. The first-order valence-corrected chi connectivity index (χ1v) is 7.83. The van der Waals surface area contributed by atoms with Gasteiger partial charge in [0.15, 0.2) is 0 Å². The predicted octanol–water partition coefficient (Wildman–Crippen LogP) is 1.92. The second-order valence-electron chi connectivity index (χ2n) is 6.26. The normalized spacial score (nSPS) is 18.4. The van der Waals surface area contributed by atoms with Gasteiger partial charge < -0.3 is 10.8 Å². The van der Waals surface area contributed by atoms with Gasteiger partial charge in [-0.1, -0.05) is 15.9 Å². The monoisotopic (exact) mass is 341 g/mol. The number of benzene rings is 1. The Kier molecular flexibility index (Phi) is 5.07. The molecule has 1 aliphatic rings. The quantitative estimate of drug-likeness (QED) is 0.821. The molecule has 0 aromatic heterocycles. The van der Waals surface area contributed by atoms with Crippen molar-refractivity contribution >= 4 is 21.6 Å². The van der Waals surface area contributed by atoms with Crippen molar-refractivity contribution in [1.82, 2.24) is 9.80 Å². The lowest BCUT2D eigenvalue weighted by molar-refractivity contribution is 0.0167. The third kappa shape index (κ3) is 5.05. The van der Waals surface area contributed by atoms with Crippen LogP contribution in [-0.2, 0) is 6.54 Å². The summed E-state index contributed by atoms with van der Waals surface area (Å²) in [4.78, 5) is 4.76. The van der Waals surface area contributed by atoms with Gasteiger partial charge in [-0.15, -0.1) is 0 Å². The molecule has 1 aromatic carbocycles. The lowest BCUT2D eigenvalue weighted by atomic mass is 10.1. The van der Waals surface area contributed by atoms with Crippen LogP contribution in [0.2, 0.25) is 0 Å². The summed E-state index contributed by atoms with van der Waals surface area (Å²) in [6, 6.07) is 6.08. The highest BCUT2D eigenvalue weighted by Gasteiger charge is 2.22. The molecule has 1 aromatic rings. The number of nitrogen functional groups attached to an aromatic ring is 1. The Morgan fingerprint density at radius 1 is 1.15 bits per heavy atom. The molecule has 20 heavy (non-hydrogen) atoms. The number of rotatable bonds is 4. The molecule has 0 amide bonds. The van der Waals surface area contributed by atoms with Crippen molar-refractivity contribution < 1.29 is 5.11 Å². The van der Waals surface area contributed by atoms with Gasteiger partial charge in [0.2, 0.25) is 0 Å². The number of hydrogen-bond acceptors (Lipinski definition) is 4. The van der Waals surface area contributed by atoms with Crippen LogP contribution < -0.4 is 5.73 Å². The molecule has 1 heterocycles. The van der Waals surface area contributed by atoms with E-state index in [4.69, 9.17) is 5.73 Å². The zero-order chi connectivity index (χ0) is 14.8. The predicted molar refractivity (Wildman–Crippen MR) is 86.6 cm³/mol. The number of halogens is 1. The molecule has 2 rings (SSSR count). The maximum absolute atomic E-state index is 9.86. The van der Waals surface area contributed by atoms with Gasteiger partial charge >= 0.3 is 0 Å². The van der Waals surface area contributed by atoms with Gasteiger partial charge in [0.25, 0.3) is 0 Å². The molecular weight excluding hydrogens is 318 g/mol. The molecular formula is C15H24BrN3O. The summed E-state index contributed by atoms with van der Waals surface area (Å²) in [6.45, 7) is 9.48. The molecule has 1 saturated heterocycles. The molecule has 3 N–H and O–H groups in total. The maximum atomic E-state index is 9.86. The van der Waals surface area contributed by atoms with E-state index in [0.717, 1.165) is 49.4 Å². The van der Waals surface area contributed by atoms with Gasteiger partial charge in [-0.2, -0.15) is 0 Å². The number of nitrogens with two attached hydrogens (primary N) is 1. The molecule has 5 heteroatoms. The van der Waals surface area contributed by atoms with Gasteiger partial charge in [-0.05, 0) is 37.6 Å². The zero-order valence-corrected chi connectivity index (χ0v) is 13.9. The van der Waals surface area contributed by atoms with Crippen molar-refractivity contribution in [3.05, 3.63) is 28.2 Å². The van der Waals surface area contributed by atoms with Crippen molar-refractivity contribution in [3.63, 3.8) is 0 Å². The van der Waals surface area contributed by atoms with Crippen LogP contribution in [0.15, 0.2) is 22.7 Å². The Balaban J connectivity index is 1.85. The van der Waals surface area contributed by atoms with Crippen LogP contribution in [0, 0.1) is 0 Å². The van der Waals surface area contributed by atoms with Crippen LogP contribution in [0.1, 0.15) is 19.4 Å². The summed E-state index contributed by atoms with van der Waals surface area (Å²) in [7, 11) is 0. The Morgan fingerprint density at radius 3 is 2.30 bits per heavy atom. The van der Waals surface area contributed by atoms with E-state index in [1.54, 1.807) is 0 Å². The van der Waals surface area contributed by atoms with E-state index < -0.39 is 5.60 Å². The SMILES string of the molecule is CC(C)(O)CN1CCN(Cc2cc(N)cc(Br)c2)CC1. The highest BCUT2D eigenvalue weighted by molar-refractivity contribution is 9.10. The van der Waals surface area contributed by atoms with E-state index in [1.807, 2.05) is 26.0 Å². The van der Waals surface area contributed by atoms with Crippen molar-refractivity contribution in [2.45, 2.75) is 26.0 Å². The van der Waals surface area contributed by atoms with Crippen molar-refractivity contribution in [2.24, 2.45) is 0 Å². The highest BCUT2D eigenvalue weighted by atomic mass is 79.9. The fraction of sp³-hybridized carbons (Fsp3) is 0.600. The standard InChI is InChI=1S/C15H24BrN3O/c1-15(2,20)11-19-5-3-18(4-6-19)10-12-7-13(16)9-14(17)8-12/h7-9,20H,3-6,10-11,17H2,1-2H3. The molecule has 0 radical (unpaired) electrons. The largest absolute Gasteiger partial charge is 0.399 e. The lowest BCUT2D eigenvalue weighted by Gasteiger charge is -2.37. The van der Waals surface area contributed by atoms with Gasteiger partial charge in [0, 0.05) is 49.4 Å². The van der Waals surface area contributed by atoms with E-state index in [0.29, 0.717) is 0 Å². The molecule has 0 aliphatic carbocycles. The number of hydrogen-bond donors (Lipinski definition) is 2. The molecule has 0 bridgehead atoms. The minimum absolute atomic E-state index is 0.610. The molecule has 0 spiro atoms. The molecule has 112 valence electrons. The first kappa shape index (κ1) is 15.8. The zero-order valence-electron chi connectivity index (χ0n) is 12.3. The molecule has 0 atom stereocenters. The minimum Gasteiger partial charge on any atom is -0.399 e. The van der Waals surface area contributed by atoms with E-state index >= 15 is 0 Å². The first-order valence-electron chi connectivity index (χ1n) is 7.04. The average molecular weight is 342 g/mol. The third-order valence-electron chi connectivity index (χ3n) is 3.46. The summed E-state index contributed by atoms with van der Waals surface area (Å²) < 4.78 is 1.04. The van der Waals surface area contributed by atoms with Gasteiger partial charge in [0.1, 0.15) is 0 Å². The molecule has 4 nitrogen and oxygen atoms in total. The maximum Gasteiger partial charge on any atom is 0.0718 e. The second kappa shape index (κ2) is 6.43. The van der Waals surface area contributed by atoms with E-state index in [9.17, 15) is 5.11 Å². The van der Waals surface area contributed by atoms with Gasteiger partial charge in [0.05, 0.1) is 5.60 Å². The average Bonchev–Trinajstić information content (AvgIpc) is 2.28. The number of β-amino-alcohol motifs (C(OH)–C–C–N with tert-alkyl or cyclic N) is 1. The van der Waals surface area contributed by atoms with E-state index in [1.165, 1.54) is 5.56 Å². The molecule has 1 aliphatic heterocycles. The highest BCUT2D eigenvalue weighted by Crippen LogP contribution is 2.19. The van der Waals surface area contributed by atoms with Gasteiger partial charge in [-0.3, -0.25) is 9.80 Å². The number of aliphatic hydroxyl groups is 1. The Hall–Kier alpha value is -0.620. The number of nitrogens with zero attached hydrogens (tertiary/aromatic N) is 2. The Morgan fingerprint density at radius 2 is 1.75 bits per heavy atom.